The minimum Gasteiger partial charge on any atom is -0.447 e. The number of benzene rings is 2. The number of anilines is 2. The summed E-state index contributed by atoms with van der Waals surface area (Å²) in [4.78, 5) is 18.4. The number of nitrogens with zero attached hydrogens (tertiary/aromatic N) is 4. The van der Waals surface area contributed by atoms with Gasteiger partial charge in [0, 0.05) is 18.8 Å². The van der Waals surface area contributed by atoms with Gasteiger partial charge in [-0.15, -0.1) is 4.98 Å². The van der Waals surface area contributed by atoms with Gasteiger partial charge in [0.1, 0.15) is 12.4 Å². The molecule has 1 aliphatic heterocycles. The Kier molecular flexibility index (Phi) is 7.24. The fourth-order valence-electron chi connectivity index (χ4n) is 3.55. The van der Waals surface area contributed by atoms with E-state index < -0.39 is 26.9 Å². The molecular weight excluding hydrogens is 501 g/mol. The quantitative estimate of drug-likeness (QED) is 0.478. The average molecular weight is 524 g/mol. The van der Waals surface area contributed by atoms with Crippen LogP contribution in [0, 0.1) is 5.82 Å². The van der Waals surface area contributed by atoms with Gasteiger partial charge in [0.25, 0.3) is 5.91 Å². The topological polar surface area (TPSA) is 118 Å². The Morgan fingerprint density at radius 3 is 2.86 bits per heavy atom. The summed E-state index contributed by atoms with van der Waals surface area (Å²) < 4.78 is 52.2. The second kappa shape index (κ2) is 10.2. The van der Waals surface area contributed by atoms with E-state index in [0.29, 0.717) is 25.1 Å². The predicted molar refractivity (Wildman–Crippen MR) is 127 cm³/mol. The molecule has 2 aromatic carbocycles. The highest BCUT2D eigenvalue weighted by Gasteiger charge is 2.34. The van der Waals surface area contributed by atoms with Crippen LogP contribution in [-0.4, -0.2) is 63.2 Å². The molecule has 0 atom stereocenters. The van der Waals surface area contributed by atoms with E-state index >= 15 is 0 Å². The Morgan fingerprint density at radius 2 is 2.11 bits per heavy atom. The van der Waals surface area contributed by atoms with E-state index in [1.807, 2.05) is 19.0 Å². The molecule has 1 amide bonds. The first-order chi connectivity index (χ1) is 16.7. The first-order valence-electron chi connectivity index (χ1n) is 10.7. The maximum absolute atomic E-state index is 14.1. The number of rotatable bonds is 8. The van der Waals surface area contributed by atoms with Crippen molar-refractivity contribution in [3.63, 3.8) is 0 Å². The monoisotopic (exact) mass is 523 g/mol. The second-order valence-electron chi connectivity index (χ2n) is 8.07. The van der Waals surface area contributed by atoms with Gasteiger partial charge in [0.15, 0.2) is 0 Å². The third-order valence-corrected chi connectivity index (χ3v) is 7.18. The summed E-state index contributed by atoms with van der Waals surface area (Å²) >= 11 is 5.98. The molecule has 10 nitrogen and oxygen atoms in total. The SMILES string of the molecule is CN(C)CCOc1nc(S(=O)(=O)N2CCCc3ccc(NC(=O)c4c(F)cccc4Cl)cc32)no1. The molecule has 2 heterocycles. The number of amides is 1. The van der Waals surface area contributed by atoms with Crippen molar-refractivity contribution in [3.05, 3.63) is 58.4 Å². The van der Waals surface area contributed by atoms with E-state index in [1.165, 1.54) is 18.2 Å². The summed E-state index contributed by atoms with van der Waals surface area (Å²) in [5.41, 5.74) is 1.09. The van der Waals surface area contributed by atoms with Crippen LogP contribution in [0.3, 0.4) is 0 Å². The molecule has 0 aliphatic carbocycles. The third kappa shape index (κ3) is 5.39. The lowest BCUT2D eigenvalue weighted by Gasteiger charge is -2.29. The van der Waals surface area contributed by atoms with Crippen LogP contribution in [0.1, 0.15) is 22.3 Å². The zero-order chi connectivity index (χ0) is 25.2. The van der Waals surface area contributed by atoms with E-state index in [0.717, 1.165) is 15.9 Å². The number of carbonyl (C=O) groups excluding carboxylic acids is 1. The minimum absolute atomic E-state index is 0.0367. The lowest BCUT2D eigenvalue weighted by Crippen LogP contribution is -2.36. The van der Waals surface area contributed by atoms with Crippen molar-refractivity contribution in [2.75, 3.05) is 43.4 Å². The average Bonchev–Trinajstić information content (AvgIpc) is 3.28. The van der Waals surface area contributed by atoms with Gasteiger partial charge in [-0.05, 0) is 61.9 Å². The number of hydrogen-bond donors (Lipinski definition) is 1. The maximum Gasteiger partial charge on any atom is 0.418 e. The highest BCUT2D eigenvalue weighted by atomic mass is 35.5. The van der Waals surface area contributed by atoms with E-state index in [-0.39, 0.29) is 35.5 Å². The number of aromatic nitrogens is 2. The standard InChI is InChI=1S/C22H23ClFN5O5S/c1-28(2)11-12-33-22-26-21(27-34-22)35(31,32)29-10-4-5-14-8-9-15(13-18(14)29)25-20(30)19-16(23)6-3-7-17(19)24/h3,6-9,13H,4-5,10-12H2,1-2H3,(H,25,30). The molecule has 13 heteroatoms. The summed E-state index contributed by atoms with van der Waals surface area (Å²) in [7, 11) is -0.447. The van der Waals surface area contributed by atoms with Crippen LogP contribution in [0.5, 0.6) is 6.08 Å². The zero-order valence-corrected chi connectivity index (χ0v) is 20.6. The Hall–Kier alpha value is -3.22. The molecule has 0 fully saturated rings. The van der Waals surface area contributed by atoms with Crippen LogP contribution in [0.25, 0.3) is 0 Å². The molecular formula is C22H23ClFN5O5S. The Morgan fingerprint density at radius 1 is 1.31 bits per heavy atom. The molecule has 1 aliphatic rings. The van der Waals surface area contributed by atoms with Crippen molar-refractivity contribution in [1.82, 2.24) is 15.0 Å². The summed E-state index contributed by atoms with van der Waals surface area (Å²) in [6, 6.07) is 8.77. The van der Waals surface area contributed by atoms with Crippen LogP contribution in [0.4, 0.5) is 15.8 Å². The Labute approximate surface area is 206 Å². The number of ether oxygens (including phenoxy) is 1. The molecule has 4 rings (SSSR count). The van der Waals surface area contributed by atoms with Gasteiger partial charge in [-0.25, -0.2) is 4.39 Å². The van der Waals surface area contributed by atoms with Crippen molar-refractivity contribution in [2.24, 2.45) is 0 Å². The Bertz CT molecular complexity index is 1330. The van der Waals surface area contributed by atoms with Gasteiger partial charge in [-0.1, -0.05) is 23.7 Å². The predicted octanol–water partition coefficient (Wildman–Crippen LogP) is 3.20. The van der Waals surface area contributed by atoms with E-state index in [9.17, 15) is 17.6 Å². The molecule has 35 heavy (non-hydrogen) atoms. The molecule has 0 saturated carbocycles. The molecule has 0 unspecified atom stereocenters. The number of hydrogen-bond acceptors (Lipinski definition) is 8. The van der Waals surface area contributed by atoms with Crippen molar-refractivity contribution in [1.29, 1.82) is 0 Å². The van der Waals surface area contributed by atoms with Gasteiger partial charge in [0.05, 0.1) is 16.3 Å². The largest absolute Gasteiger partial charge is 0.447 e. The van der Waals surface area contributed by atoms with Gasteiger partial charge < -0.3 is 15.0 Å². The summed E-state index contributed by atoms with van der Waals surface area (Å²) in [5.74, 6) is -1.52. The lowest BCUT2D eigenvalue weighted by molar-refractivity contribution is 0.102. The van der Waals surface area contributed by atoms with Gasteiger partial charge >= 0.3 is 21.3 Å². The number of sulfonamides is 1. The third-order valence-electron chi connectivity index (χ3n) is 5.28. The summed E-state index contributed by atoms with van der Waals surface area (Å²) in [6.07, 6.45) is 0.970. The molecule has 0 spiro atoms. The number of nitrogens with one attached hydrogen (secondary N) is 1. The number of halogens is 2. The van der Waals surface area contributed by atoms with Gasteiger partial charge in [0.2, 0.25) is 0 Å². The van der Waals surface area contributed by atoms with Crippen LogP contribution >= 0.6 is 11.6 Å². The lowest BCUT2D eigenvalue weighted by atomic mass is 10.0. The van der Waals surface area contributed by atoms with Crippen LogP contribution in [-0.2, 0) is 16.4 Å². The van der Waals surface area contributed by atoms with E-state index in [1.54, 1.807) is 12.1 Å². The number of aryl methyl sites for hydroxylation is 1. The summed E-state index contributed by atoms with van der Waals surface area (Å²) in [5, 5.41) is 5.60. The molecule has 1 aromatic heterocycles. The highest BCUT2D eigenvalue weighted by molar-refractivity contribution is 7.92. The second-order valence-corrected chi connectivity index (χ2v) is 10.2. The minimum atomic E-state index is -4.17. The number of likely N-dealkylation sites (N-methyl/N-ethyl adjacent to an activating group) is 1. The summed E-state index contributed by atoms with van der Waals surface area (Å²) in [6.45, 7) is 1.00. The molecule has 3 aromatic rings. The van der Waals surface area contributed by atoms with Crippen LogP contribution < -0.4 is 14.4 Å². The number of fused-ring (bicyclic) bond motifs is 1. The molecule has 1 N–H and O–H groups in total. The Balaban J connectivity index is 1.58. The molecule has 0 radical (unpaired) electrons. The van der Waals surface area contributed by atoms with Crippen molar-refractivity contribution in [3.8, 4) is 6.08 Å². The first-order valence-corrected chi connectivity index (χ1v) is 12.5. The van der Waals surface area contributed by atoms with E-state index in [2.05, 4.69) is 15.5 Å². The van der Waals surface area contributed by atoms with E-state index in [4.69, 9.17) is 20.9 Å². The smallest absolute Gasteiger partial charge is 0.418 e. The fourth-order valence-corrected chi connectivity index (χ4v) is 5.12. The van der Waals surface area contributed by atoms with Crippen LogP contribution in [0.15, 0.2) is 46.1 Å². The van der Waals surface area contributed by atoms with Crippen molar-refractivity contribution >= 4 is 38.9 Å². The highest BCUT2D eigenvalue weighted by Crippen LogP contribution is 2.34. The van der Waals surface area contributed by atoms with Crippen molar-refractivity contribution < 1.29 is 26.9 Å². The maximum atomic E-state index is 14.1. The normalized spacial score (nSPS) is 13.6. The van der Waals surface area contributed by atoms with Crippen molar-refractivity contribution in [2.45, 2.75) is 18.0 Å². The van der Waals surface area contributed by atoms with Gasteiger partial charge in [-0.3, -0.25) is 13.6 Å². The van der Waals surface area contributed by atoms with Gasteiger partial charge in [-0.2, -0.15) is 8.42 Å². The zero-order valence-electron chi connectivity index (χ0n) is 19.0. The molecule has 0 bridgehead atoms. The number of carbonyl (C=O) groups is 1. The fraction of sp³-hybridized carbons (Fsp3) is 0.318. The molecule has 0 saturated heterocycles. The first kappa shape index (κ1) is 24.9. The molecule has 186 valence electrons. The van der Waals surface area contributed by atoms with Crippen LogP contribution in [0.2, 0.25) is 5.02 Å².